The van der Waals surface area contributed by atoms with Crippen molar-refractivity contribution < 1.29 is 31.6 Å². The molecule has 1 aromatic rings. The standard InChI is InChI=1S/C7H2BrF5N2O3/c8-5-4(15(16)17)3(18-7(11,12)13)1-2(14-5)6(9)10/h1,6H. The van der Waals surface area contributed by atoms with Gasteiger partial charge in [0.2, 0.25) is 5.75 Å². The van der Waals surface area contributed by atoms with Gasteiger partial charge in [0.1, 0.15) is 5.69 Å². The fraction of sp³-hybridized carbons (Fsp3) is 0.286. The first-order chi connectivity index (χ1) is 8.11. The molecular weight excluding hydrogens is 335 g/mol. The average Bonchev–Trinajstić information content (AvgIpc) is 2.12. The minimum Gasteiger partial charge on any atom is -0.398 e. The summed E-state index contributed by atoms with van der Waals surface area (Å²) in [7, 11) is 0. The van der Waals surface area contributed by atoms with Gasteiger partial charge in [0.15, 0.2) is 4.60 Å². The molecule has 0 aliphatic heterocycles. The van der Waals surface area contributed by atoms with Crippen molar-refractivity contribution in [3.8, 4) is 5.75 Å². The molecule has 0 N–H and O–H groups in total. The summed E-state index contributed by atoms with van der Waals surface area (Å²) >= 11 is 2.44. The third kappa shape index (κ3) is 3.48. The Hall–Kier alpha value is -1.52. The molecule has 11 heteroatoms. The predicted molar refractivity (Wildman–Crippen MR) is 50.2 cm³/mol. The van der Waals surface area contributed by atoms with Gasteiger partial charge in [-0.3, -0.25) is 10.1 Å². The van der Waals surface area contributed by atoms with Crippen LogP contribution in [0.5, 0.6) is 5.75 Å². The van der Waals surface area contributed by atoms with Gasteiger partial charge in [-0.05, 0) is 15.9 Å². The van der Waals surface area contributed by atoms with Crippen LogP contribution in [0.4, 0.5) is 27.6 Å². The van der Waals surface area contributed by atoms with E-state index in [1.807, 2.05) is 0 Å². The molecule has 0 aliphatic rings. The molecule has 5 nitrogen and oxygen atoms in total. The number of halogens is 6. The molecule has 0 amide bonds. The quantitative estimate of drug-likeness (QED) is 0.366. The van der Waals surface area contributed by atoms with Crippen molar-refractivity contribution in [3.63, 3.8) is 0 Å². The summed E-state index contributed by atoms with van der Waals surface area (Å²) in [6.45, 7) is 0. The molecule has 0 aromatic carbocycles. The molecule has 1 rings (SSSR count). The maximum Gasteiger partial charge on any atom is 0.573 e. The van der Waals surface area contributed by atoms with Crippen LogP contribution < -0.4 is 4.74 Å². The van der Waals surface area contributed by atoms with Crippen molar-refractivity contribution >= 4 is 21.6 Å². The van der Waals surface area contributed by atoms with E-state index >= 15 is 0 Å². The van der Waals surface area contributed by atoms with Crippen LogP contribution in [0, 0.1) is 10.1 Å². The Kier molecular flexibility index (Phi) is 4.04. The Morgan fingerprint density at radius 3 is 2.39 bits per heavy atom. The number of alkyl halides is 5. The highest BCUT2D eigenvalue weighted by Crippen LogP contribution is 2.38. The monoisotopic (exact) mass is 336 g/mol. The number of pyridine rings is 1. The molecule has 0 unspecified atom stereocenters. The lowest BCUT2D eigenvalue weighted by molar-refractivity contribution is -0.389. The van der Waals surface area contributed by atoms with E-state index in [2.05, 4.69) is 25.7 Å². The Morgan fingerprint density at radius 1 is 1.44 bits per heavy atom. The summed E-state index contributed by atoms with van der Waals surface area (Å²) < 4.78 is 63.1. The van der Waals surface area contributed by atoms with Crippen LogP contribution in [0.1, 0.15) is 12.1 Å². The molecule has 0 aliphatic carbocycles. The summed E-state index contributed by atoms with van der Waals surface area (Å²) in [4.78, 5) is 12.3. The van der Waals surface area contributed by atoms with E-state index in [1.165, 1.54) is 0 Å². The van der Waals surface area contributed by atoms with Gasteiger partial charge in [-0.25, -0.2) is 13.8 Å². The second-order valence-electron chi connectivity index (χ2n) is 2.79. The maximum absolute atomic E-state index is 12.3. The zero-order chi connectivity index (χ0) is 14.1. The van der Waals surface area contributed by atoms with Crippen LogP contribution in [0.15, 0.2) is 10.7 Å². The molecule has 18 heavy (non-hydrogen) atoms. The van der Waals surface area contributed by atoms with E-state index in [4.69, 9.17) is 0 Å². The maximum atomic E-state index is 12.3. The molecule has 0 atom stereocenters. The van der Waals surface area contributed by atoms with Crippen molar-refractivity contribution in [1.82, 2.24) is 4.98 Å². The zero-order valence-corrected chi connectivity index (χ0v) is 9.63. The van der Waals surface area contributed by atoms with Crippen LogP contribution in [-0.4, -0.2) is 16.3 Å². The highest BCUT2D eigenvalue weighted by molar-refractivity contribution is 9.10. The summed E-state index contributed by atoms with van der Waals surface area (Å²) in [5.41, 5.74) is -2.26. The van der Waals surface area contributed by atoms with Crippen LogP contribution in [0.25, 0.3) is 0 Å². The molecule has 100 valence electrons. The molecule has 1 heterocycles. The fourth-order valence-corrected chi connectivity index (χ4v) is 1.53. The lowest BCUT2D eigenvalue weighted by atomic mass is 10.3. The number of hydrogen-bond donors (Lipinski definition) is 0. The largest absolute Gasteiger partial charge is 0.573 e. The van der Waals surface area contributed by atoms with Crippen molar-refractivity contribution in [1.29, 1.82) is 0 Å². The summed E-state index contributed by atoms with van der Waals surface area (Å²) in [6.07, 6.45) is -8.44. The number of nitro groups is 1. The highest BCUT2D eigenvalue weighted by Gasteiger charge is 2.36. The first kappa shape index (κ1) is 14.5. The van der Waals surface area contributed by atoms with Gasteiger partial charge in [0.25, 0.3) is 6.43 Å². The highest BCUT2D eigenvalue weighted by atomic mass is 79.9. The first-order valence-corrected chi connectivity index (χ1v) is 4.80. The summed E-state index contributed by atoms with van der Waals surface area (Å²) in [5.74, 6) is -1.36. The average molecular weight is 337 g/mol. The molecule has 0 spiro atoms. The van der Waals surface area contributed by atoms with Crippen LogP contribution in [0.3, 0.4) is 0 Å². The Bertz CT molecular complexity index is 479. The number of aromatic nitrogens is 1. The normalized spacial score (nSPS) is 11.7. The van der Waals surface area contributed by atoms with E-state index in [9.17, 15) is 32.1 Å². The Balaban J connectivity index is 3.38. The number of nitrogens with zero attached hydrogens (tertiary/aromatic N) is 2. The van der Waals surface area contributed by atoms with E-state index in [0.717, 1.165) is 0 Å². The molecule has 0 bridgehead atoms. The smallest absolute Gasteiger partial charge is 0.398 e. The second kappa shape index (κ2) is 5.00. The van der Waals surface area contributed by atoms with Crippen molar-refractivity contribution in [3.05, 3.63) is 26.5 Å². The zero-order valence-electron chi connectivity index (χ0n) is 8.04. The van der Waals surface area contributed by atoms with Crippen LogP contribution >= 0.6 is 15.9 Å². The van der Waals surface area contributed by atoms with Crippen LogP contribution in [-0.2, 0) is 0 Å². The van der Waals surface area contributed by atoms with E-state index in [1.54, 1.807) is 0 Å². The van der Waals surface area contributed by atoms with E-state index in [-0.39, 0.29) is 6.07 Å². The van der Waals surface area contributed by atoms with Crippen molar-refractivity contribution in [2.45, 2.75) is 12.8 Å². The number of hydrogen-bond acceptors (Lipinski definition) is 4. The molecule has 0 saturated heterocycles. The van der Waals surface area contributed by atoms with Crippen molar-refractivity contribution in [2.24, 2.45) is 0 Å². The molecule has 0 saturated carbocycles. The van der Waals surface area contributed by atoms with E-state index < -0.39 is 39.4 Å². The molecular formula is C7H2BrF5N2O3. The second-order valence-corrected chi connectivity index (χ2v) is 3.54. The Labute approximate surface area is 104 Å². The minimum atomic E-state index is -5.25. The third-order valence-corrected chi connectivity index (χ3v) is 2.12. The lowest BCUT2D eigenvalue weighted by Crippen LogP contribution is -2.18. The third-order valence-electron chi connectivity index (χ3n) is 1.57. The first-order valence-electron chi connectivity index (χ1n) is 4.00. The van der Waals surface area contributed by atoms with Gasteiger partial charge >= 0.3 is 12.0 Å². The molecule has 0 radical (unpaired) electrons. The summed E-state index contributed by atoms with van der Waals surface area (Å²) in [5, 5.41) is 10.5. The molecule has 0 fully saturated rings. The Morgan fingerprint density at radius 2 is 2.00 bits per heavy atom. The fourth-order valence-electron chi connectivity index (χ4n) is 0.982. The minimum absolute atomic E-state index is 0.168. The lowest BCUT2D eigenvalue weighted by Gasteiger charge is -2.10. The van der Waals surface area contributed by atoms with Gasteiger partial charge in [0, 0.05) is 6.07 Å². The van der Waals surface area contributed by atoms with Crippen molar-refractivity contribution in [2.75, 3.05) is 0 Å². The van der Waals surface area contributed by atoms with Gasteiger partial charge < -0.3 is 4.74 Å². The molecule has 1 aromatic heterocycles. The van der Waals surface area contributed by atoms with E-state index in [0.29, 0.717) is 0 Å². The SMILES string of the molecule is O=[N+]([O-])c1c(OC(F)(F)F)cc(C(F)F)nc1Br. The van der Waals surface area contributed by atoms with Crippen LogP contribution in [0.2, 0.25) is 0 Å². The topological polar surface area (TPSA) is 65.3 Å². The van der Waals surface area contributed by atoms with Gasteiger partial charge in [-0.1, -0.05) is 0 Å². The van der Waals surface area contributed by atoms with Gasteiger partial charge in [0.05, 0.1) is 4.92 Å². The van der Waals surface area contributed by atoms with Gasteiger partial charge in [-0.2, -0.15) is 0 Å². The number of ether oxygens (including phenoxy) is 1. The number of rotatable bonds is 3. The van der Waals surface area contributed by atoms with Gasteiger partial charge in [-0.15, -0.1) is 13.2 Å². The predicted octanol–water partition coefficient (Wildman–Crippen LogP) is 3.59. The summed E-state index contributed by atoms with van der Waals surface area (Å²) in [6, 6.07) is 0.168.